The summed E-state index contributed by atoms with van der Waals surface area (Å²) < 4.78 is 11.1. The summed E-state index contributed by atoms with van der Waals surface area (Å²) >= 11 is 0. The van der Waals surface area contributed by atoms with Crippen LogP contribution in [0.25, 0.3) is 0 Å². The van der Waals surface area contributed by atoms with Gasteiger partial charge in [0.1, 0.15) is 11.5 Å². The second-order valence-electron chi connectivity index (χ2n) is 9.91. The second-order valence-corrected chi connectivity index (χ2v) is 9.91. The van der Waals surface area contributed by atoms with Gasteiger partial charge in [0.25, 0.3) is 0 Å². The summed E-state index contributed by atoms with van der Waals surface area (Å²) in [5.74, 6) is 0.403. The third-order valence-electron chi connectivity index (χ3n) is 6.55. The van der Waals surface area contributed by atoms with Crippen molar-refractivity contribution in [2.75, 3.05) is 20.0 Å². The van der Waals surface area contributed by atoms with Crippen molar-refractivity contribution in [3.63, 3.8) is 0 Å². The van der Waals surface area contributed by atoms with Gasteiger partial charge >= 0.3 is 5.97 Å². The molecule has 0 aliphatic carbocycles. The van der Waals surface area contributed by atoms with Gasteiger partial charge in [0.05, 0.1) is 20.6 Å². The Morgan fingerprint density at radius 1 is 1.09 bits per heavy atom. The van der Waals surface area contributed by atoms with Crippen molar-refractivity contribution in [3.8, 4) is 11.5 Å². The molecule has 0 bridgehead atoms. The molecule has 2 unspecified atom stereocenters. The van der Waals surface area contributed by atoms with Crippen molar-refractivity contribution in [1.29, 1.82) is 0 Å². The number of carbonyl (C=O) groups excluding carboxylic acids is 1. The summed E-state index contributed by atoms with van der Waals surface area (Å²) in [5.41, 5.74) is 8.24. The van der Waals surface area contributed by atoms with E-state index in [0.717, 1.165) is 24.8 Å². The van der Waals surface area contributed by atoms with Gasteiger partial charge < -0.3 is 20.3 Å². The van der Waals surface area contributed by atoms with E-state index in [0.29, 0.717) is 22.6 Å². The van der Waals surface area contributed by atoms with Crippen LogP contribution in [0.1, 0.15) is 80.8 Å². The molecule has 34 heavy (non-hydrogen) atoms. The van der Waals surface area contributed by atoms with Crippen LogP contribution >= 0.6 is 0 Å². The van der Waals surface area contributed by atoms with E-state index in [1.165, 1.54) is 0 Å². The lowest BCUT2D eigenvalue weighted by Gasteiger charge is -2.38. The average molecular weight is 470 g/mol. The third-order valence-corrected chi connectivity index (χ3v) is 6.55. The lowest BCUT2D eigenvalue weighted by Crippen LogP contribution is -2.29. The zero-order valence-electron chi connectivity index (χ0n) is 21.3. The van der Waals surface area contributed by atoms with Gasteiger partial charge in [0.2, 0.25) is 0 Å². The van der Waals surface area contributed by atoms with Crippen LogP contribution in [-0.4, -0.2) is 31.1 Å². The third kappa shape index (κ3) is 6.75. The normalized spacial score (nSPS) is 13.2. The van der Waals surface area contributed by atoms with E-state index in [1.54, 1.807) is 32.4 Å². The molecular formula is C28H39NO5. The van der Waals surface area contributed by atoms with Gasteiger partial charge in [-0.3, -0.25) is 9.59 Å². The fraction of sp³-hybridized carbons (Fsp3) is 0.500. The maximum atomic E-state index is 13.6. The zero-order valence-corrected chi connectivity index (χ0v) is 21.3. The molecule has 2 aromatic rings. The Hall–Kier alpha value is -3.02. The van der Waals surface area contributed by atoms with Crippen molar-refractivity contribution in [1.82, 2.24) is 0 Å². The molecule has 2 aromatic carbocycles. The number of carboxylic acids is 1. The molecule has 0 radical (unpaired) electrons. The van der Waals surface area contributed by atoms with E-state index < -0.39 is 5.97 Å². The molecule has 0 saturated carbocycles. The van der Waals surface area contributed by atoms with E-state index in [2.05, 4.69) is 27.7 Å². The minimum Gasteiger partial charge on any atom is -0.497 e. The highest BCUT2D eigenvalue weighted by atomic mass is 16.5. The smallest absolute Gasteiger partial charge is 0.307 e. The minimum atomic E-state index is -0.982. The molecule has 0 heterocycles. The van der Waals surface area contributed by atoms with Crippen LogP contribution < -0.4 is 15.2 Å². The number of hydrogen-bond donors (Lipinski definition) is 2. The fourth-order valence-corrected chi connectivity index (χ4v) is 4.74. The first-order chi connectivity index (χ1) is 16.0. The largest absolute Gasteiger partial charge is 0.497 e. The van der Waals surface area contributed by atoms with Crippen LogP contribution in [0.3, 0.4) is 0 Å². The molecule has 3 N–H and O–H groups in total. The van der Waals surface area contributed by atoms with Crippen LogP contribution in [0.4, 0.5) is 5.69 Å². The van der Waals surface area contributed by atoms with Crippen molar-refractivity contribution in [2.24, 2.45) is 11.3 Å². The maximum absolute atomic E-state index is 13.6. The first-order valence-electron chi connectivity index (χ1n) is 11.9. The molecule has 6 heteroatoms. The predicted octanol–water partition coefficient (Wildman–Crippen LogP) is 6.12. The van der Waals surface area contributed by atoms with Gasteiger partial charge in [0.15, 0.2) is 5.78 Å². The summed E-state index contributed by atoms with van der Waals surface area (Å²) in [6.07, 6.45) is 3.12. The number of aliphatic carboxylic acids is 1. The summed E-state index contributed by atoms with van der Waals surface area (Å²) in [6.45, 7) is 8.80. The number of carboxylic acid groups (broad SMARTS) is 1. The summed E-state index contributed by atoms with van der Waals surface area (Å²) in [7, 11) is 3.24. The summed E-state index contributed by atoms with van der Waals surface area (Å²) in [6, 6.07) is 10.8. The molecule has 0 fully saturated rings. The molecule has 2 rings (SSSR count). The van der Waals surface area contributed by atoms with Crippen LogP contribution in [0.15, 0.2) is 36.4 Å². The SMILES string of the molecule is CCCCC(C(CC(=O)c1cccc(CC(=O)O)c1N)c1ccc(OC)cc1OC)C(C)(C)C. The Kier molecular flexibility index (Phi) is 9.54. The van der Waals surface area contributed by atoms with E-state index in [1.807, 2.05) is 18.2 Å². The highest BCUT2D eigenvalue weighted by Crippen LogP contribution is 2.46. The highest BCUT2D eigenvalue weighted by molar-refractivity contribution is 6.02. The molecule has 2 atom stereocenters. The van der Waals surface area contributed by atoms with Gasteiger partial charge in [-0.25, -0.2) is 0 Å². The Morgan fingerprint density at radius 3 is 2.35 bits per heavy atom. The van der Waals surface area contributed by atoms with Crippen LogP contribution in [0.2, 0.25) is 0 Å². The number of Topliss-reactive ketones (excluding diaryl/α,β-unsaturated/α-hetero) is 1. The van der Waals surface area contributed by atoms with E-state index in [4.69, 9.17) is 15.2 Å². The number of benzene rings is 2. The second kappa shape index (κ2) is 11.9. The van der Waals surface area contributed by atoms with Gasteiger partial charge in [-0.1, -0.05) is 58.7 Å². The molecule has 0 spiro atoms. The predicted molar refractivity (Wildman–Crippen MR) is 136 cm³/mol. The maximum Gasteiger partial charge on any atom is 0.307 e. The lowest BCUT2D eigenvalue weighted by atomic mass is 9.66. The van der Waals surface area contributed by atoms with Crippen LogP contribution in [0.5, 0.6) is 11.5 Å². The molecule has 6 nitrogen and oxygen atoms in total. The molecule has 0 amide bonds. The van der Waals surface area contributed by atoms with E-state index >= 15 is 0 Å². The molecule has 0 aliphatic heterocycles. The van der Waals surface area contributed by atoms with Crippen molar-refractivity contribution >= 4 is 17.4 Å². The van der Waals surface area contributed by atoms with Crippen molar-refractivity contribution < 1.29 is 24.2 Å². The van der Waals surface area contributed by atoms with Crippen molar-refractivity contribution in [2.45, 2.75) is 65.7 Å². The Labute approximate surface area is 203 Å². The Morgan fingerprint density at radius 2 is 1.79 bits per heavy atom. The number of para-hydroxylation sites is 1. The molecule has 186 valence electrons. The number of hydrogen-bond acceptors (Lipinski definition) is 5. The first kappa shape index (κ1) is 27.2. The standard InChI is InChI=1S/C28H39NO5/c1-7-8-12-23(28(2,3)4)22(20-14-13-19(33-5)16-25(20)34-6)17-24(30)21-11-9-10-18(27(21)29)15-26(31)32/h9-11,13-14,16,22-23H,7-8,12,15,17,29H2,1-6H3,(H,31,32). The number of ketones is 1. The molecular weight excluding hydrogens is 430 g/mol. The summed E-state index contributed by atoms with van der Waals surface area (Å²) in [4.78, 5) is 24.8. The van der Waals surface area contributed by atoms with E-state index in [-0.39, 0.29) is 41.6 Å². The molecule has 0 aliphatic rings. The molecule has 0 aromatic heterocycles. The highest BCUT2D eigenvalue weighted by Gasteiger charge is 2.36. The monoisotopic (exact) mass is 469 g/mol. The number of rotatable bonds is 12. The quantitative estimate of drug-likeness (QED) is 0.287. The van der Waals surface area contributed by atoms with Gasteiger partial charge in [0, 0.05) is 23.7 Å². The number of anilines is 1. The Bertz CT molecular complexity index is 993. The van der Waals surface area contributed by atoms with Crippen LogP contribution in [0, 0.1) is 11.3 Å². The minimum absolute atomic E-state index is 0.0538. The summed E-state index contributed by atoms with van der Waals surface area (Å²) in [5, 5.41) is 9.20. The number of nitrogen functional groups attached to an aromatic ring is 1. The van der Waals surface area contributed by atoms with Gasteiger partial charge in [-0.15, -0.1) is 0 Å². The Balaban J connectivity index is 2.57. The number of carbonyl (C=O) groups is 2. The van der Waals surface area contributed by atoms with Crippen molar-refractivity contribution in [3.05, 3.63) is 53.1 Å². The number of methoxy groups -OCH3 is 2. The lowest BCUT2D eigenvalue weighted by molar-refractivity contribution is -0.136. The zero-order chi connectivity index (χ0) is 25.5. The van der Waals surface area contributed by atoms with Gasteiger partial charge in [-0.2, -0.15) is 0 Å². The van der Waals surface area contributed by atoms with Crippen LogP contribution in [-0.2, 0) is 11.2 Å². The number of ether oxygens (including phenoxy) is 2. The van der Waals surface area contributed by atoms with Gasteiger partial charge in [-0.05, 0) is 46.9 Å². The average Bonchev–Trinajstić information content (AvgIpc) is 2.78. The number of unbranched alkanes of at least 4 members (excludes halogenated alkanes) is 1. The number of nitrogens with two attached hydrogens (primary N) is 1. The van der Waals surface area contributed by atoms with E-state index in [9.17, 15) is 14.7 Å². The fourth-order valence-electron chi connectivity index (χ4n) is 4.74. The topological polar surface area (TPSA) is 98.9 Å². The molecule has 0 saturated heterocycles. The first-order valence-corrected chi connectivity index (χ1v) is 11.9.